The fourth-order valence-electron chi connectivity index (χ4n) is 3.72. The molecule has 10 heteroatoms. The number of rotatable bonds is 4. The first-order valence-electron chi connectivity index (χ1n) is 9.74. The summed E-state index contributed by atoms with van der Waals surface area (Å²) >= 11 is 0. The molecule has 1 fully saturated rings. The van der Waals surface area contributed by atoms with Crippen molar-refractivity contribution in [3.8, 4) is 6.07 Å². The summed E-state index contributed by atoms with van der Waals surface area (Å²) in [5, 5.41) is 15.3. The van der Waals surface area contributed by atoms with E-state index in [1.165, 1.54) is 6.92 Å². The second-order valence-corrected chi connectivity index (χ2v) is 7.31. The van der Waals surface area contributed by atoms with Gasteiger partial charge in [0, 0.05) is 43.6 Å². The number of benzene rings is 1. The number of fused-ring (bicyclic) bond motifs is 1. The van der Waals surface area contributed by atoms with Crippen molar-refractivity contribution in [1.82, 2.24) is 20.3 Å². The minimum Gasteiger partial charge on any atom is -0.399 e. The molecule has 3 aromatic rings. The average Bonchev–Trinajstić information content (AvgIpc) is 2.72. The van der Waals surface area contributed by atoms with Crippen LogP contribution >= 0.6 is 12.4 Å². The number of pyridine rings is 1. The second-order valence-electron chi connectivity index (χ2n) is 7.31. The van der Waals surface area contributed by atoms with Gasteiger partial charge in [-0.1, -0.05) is 0 Å². The third kappa shape index (κ3) is 5.10. The van der Waals surface area contributed by atoms with Crippen molar-refractivity contribution in [2.45, 2.75) is 25.8 Å². The molecule has 4 N–H and O–H groups in total. The van der Waals surface area contributed by atoms with Gasteiger partial charge in [-0.25, -0.2) is 4.98 Å². The van der Waals surface area contributed by atoms with Crippen LogP contribution in [0.2, 0.25) is 0 Å². The molecule has 1 atom stereocenters. The summed E-state index contributed by atoms with van der Waals surface area (Å²) in [4.78, 5) is 27.4. The minimum absolute atomic E-state index is 0. The third-order valence-corrected chi connectivity index (χ3v) is 4.91. The number of nitriles is 1. The van der Waals surface area contributed by atoms with E-state index in [2.05, 4.69) is 31.6 Å². The van der Waals surface area contributed by atoms with E-state index < -0.39 is 0 Å². The summed E-state index contributed by atoms with van der Waals surface area (Å²) < 4.78 is 0. The molecule has 1 saturated heterocycles. The Balaban J connectivity index is 0.00000272. The van der Waals surface area contributed by atoms with Gasteiger partial charge in [-0.3, -0.25) is 9.78 Å². The summed E-state index contributed by atoms with van der Waals surface area (Å²) in [5.74, 6) is 1.06. The minimum atomic E-state index is -0.0372. The van der Waals surface area contributed by atoms with E-state index in [1.54, 1.807) is 24.4 Å². The zero-order chi connectivity index (χ0) is 21.1. The van der Waals surface area contributed by atoms with Crippen LogP contribution in [0.25, 0.3) is 11.0 Å². The Bertz CT molecular complexity index is 1150. The van der Waals surface area contributed by atoms with Gasteiger partial charge in [0.2, 0.25) is 11.9 Å². The van der Waals surface area contributed by atoms with E-state index in [4.69, 9.17) is 10.7 Å². The Labute approximate surface area is 186 Å². The monoisotopic (exact) mass is 438 g/mol. The number of hydrogen-bond donors (Lipinski definition) is 3. The highest BCUT2D eigenvalue weighted by molar-refractivity contribution is 5.87. The van der Waals surface area contributed by atoms with Crippen LogP contribution < -0.4 is 21.3 Å². The molecule has 1 aliphatic rings. The number of aromatic nitrogens is 3. The van der Waals surface area contributed by atoms with Gasteiger partial charge in [0.25, 0.3) is 0 Å². The van der Waals surface area contributed by atoms with E-state index in [0.29, 0.717) is 46.3 Å². The highest BCUT2D eigenvalue weighted by Crippen LogP contribution is 2.28. The molecule has 0 spiro atoms. The van der Waals surface area contributed by atoms with E-state index in [1.807, 2.05) is 12.1 Å². The lowest BCUT2D eigenvalue weighted by Crippen LogP contribution is -2.47. The predicted molar refractivity (Wildman–Crippen MR) is 122 cm³/mol. The third-order valence-electron chi connectivity index (χ3n) is 4.91. The van der Waals surface area contributed by atoms with Crippen LogP contribution in [0.5, 0.6) is 0 Å². The second kappa shape index (κ2) is 9.45. The van der Waals surface area contributed by atoms with Crippen molar-refractivity contribution in [3.05, 3.63) is 42.1 Å². The highest BCUT2D eigenvalue weighted by atomic mass is 35.5. The summed E-state index contributed by atoms with van der Waals surface area (Å²) in [6.07, 6.45) is 3.58. The average molecular weight is 439 g/mol. The number of hydrogen-bond acceptors (Lipinski definition) is 8. The van der Waals surface area contributed by atoms with Crippen molar-refractivity contribution < 1.29 is 4.79 Å². The lowest BCUT2D eigenvalue weighted by atomic mass is 10.1. The maximum atomic E-state index is 11.5. The first kappa shape index (κ1) is 22.1. The van der Waals surface area contributed by atoms with Crippen LogP contribution in [0, 0.1) is 11.3 Å². The molecular formula is C21H23ClN8O. The molecule has 160 valence electrons. The van der Waals surface area contributed by atoms with E-state index in [0.717, 1.165) is 19.4 Å². The largest absolute Gasteiger partial charge is 0.399 e. The maximum Gasteiger partial charge on any atom is 0.229 e. The molecule has 31 heavy (non-hydrogen) atoms. The number of carbonyl (C=O) groups excluding carboxylic acids is 1. The SMILES string of the molecule is CC(=O)NC1CCCN(c2nc(Nc3cc(N)cc(C#N)c3)nc3cccnc23)C1.Cl. The predicted octanol–water partition coefficient (Wildman–Crippen LogP) is 2.75. The molecule has 9 nitrogen and oxygen atoms in total. The van der Waals surface area contributed by atoms with Crippen LogP contribution in [0.3, 0.4) is 0 Å². The Morgan fingerprint density at radius 1 is 1.32 bits per heavy atom. The fraction of sp³-hybridized carbons (Fsp3) is 0.286. The number of carbonyl (C=O) groups is 1. The molecule has 1 unspecified atom stereocenters. The normalized spacial score (nSPS) is 15.6. The van der Waals surface area contributed by atoms with Crippen molar-refractivity contribution >= 4 is 52.5 Å². The van der Waals surface area contributed by atoms with Crippen LogP contribution in [-0.4, -0.2) is 40.0 Å². The van der Waals surface area contributed by atoms with Crippen molar-refractivity contribution in [2.75, 3.05) is 29.0 Å². The molecule has 1 amide bonds. The summed E-state index contributed by atoms with van der Waals surface area (Å²) in [6, 6.07) is 10.9. The smallest absolute Gasteiger partial charge is 0.229 e. The van der Waals surface area contributed by atoms with Crippen molar-refractivity contribution in [2.24, 2.45) is 0 Å². The van der Waals surface area contributed by atoms with Crippen LogP contribution in [0.15, 0.2) is 36.5 Å². The Morgan fingerprint density at radius 3 is 2.94 bits per heavy atom. The van der Waals surface area contributed by atoms with Gasteiger partial charge in [-0.2, -0.15) is 10.2 Å². The van der Waals surface area contributed by atoms with Gasteiger partial charge in [0.1, 0.15) is 5.52 Å². The number of halogens is 1. The number of nitrogen functional groups attached to an aromatic ring is 1. The lowest BCUT2D eigenvalue weighted by molar-refractivity contribution is -0.119. The quantitative estimate of drug-likeness (QED) is 0.529. The number of nitrogens with zero attached hydrogens (tertiary/aromatic N) is 5. The molecule has 0 saturated carbocycles. The Morgan fingerprint density at radius 2 is 2.16 bits per heavy atom. The first-order valence-corrected chi connectivity index (χ1v) is 9.74. The zero-order valence-electron chi connectivity index (χ0n) is 17.0. The highest BCUT2D eigenvalue weighted by Gasteiger charge is 2.24. The maximum absolute atomic E-state index is 11.5. The topological polar surface area (TPSA) is 133 Å². The van der Waals surface area contributed by atoms with Crippen LogP contribution in [0.1, 0.15) is 25.3 Å². The number of anilines is 4. The summed E-state index contributed by atoms with van der Waals surface area (Å²) in [6.45, 7) is 3.00. The number of amides is 1. The van der Waals surface area contributed by atoms with Gasteiger partial charge < -0.3 is 21.3 Å². The molecule has 3 heterocycles. The van der Waals surface area contributed by atoms with Gasteiger partial charge in [-0.05, 0) is 43.2 Å². The molecule has 0 radical (unpaired) electrons. The molecule has 4 rings (SSSR count). The molecule has 1 aliphatic heterocycles. The van der Waals surface area contributed by atoms with Gasteiger partial charge in [0.15, 0.2) is 5.82 Å². The van der Waals surface area contributed by atoms with E-state index in [9.17, 15) is 10.1 Å². The zero-order valence-corrected chi connectivity index (χ0v) is 17.8. The number of nitrogens with two attached hydrogens (primary N) is 1. The summed E-state index contributed by atoms with van der Waals surface area (Å²) in [7, 11) is 0. The number of nitrogens with one attached hydrogen (secondary N) is 2. The van der Waals surface area contributed by atoms with Gasteiger partial charge >= 0.3 is 0 Å². The van der Waals surface area contributed by atoms with Crippen molar-refractivity contribution in [1.29, 1.82) is 5.26 Å². The Hall–Kier alpha value is -3.64. The lowest BCUT2D eigenvalue weighted by Gasteiger charge is -2.34. The van der Waals surface area contributed by atoms with Gasteiger partial charge in [0.05, 0.1) is 17.1 Å². The van der Waals surface area contributed by atoms with Crippen LogP contribution in [0.4, 0.5) is 23.1 Å². The van der Waals surface area contributed by atoms with Crippen LogP contribution in [-0.2, 0) is 4.79 Å². The van der Waals surface area contributed by atoms with Crippen molar-refractivity contribution in [3.63, 3.8) is 0 Å². The summed E-state index contributed by atoms with van der Waals surface area (Å²) in [5.41, 5.74) is 8.87. The van der Waals surface area contributed by atoms with Gasteiger partial charge in [-0.15, -0.1) is 12.4 Å². The molecule has 0 aliphatic carbocycles. The molecule has 2 aromatic heterocycles. The fourth-order valence-corrected chi connectivity index (χ4v) is 3.72. The first-order chi connectivity index (χ1) is 14.5. The molecule has 0 bridgehead atoms. The standard InChI is InChI=1S/C21H22N8O.ClH/c1-13(30)25-16-4-3-7-29(12-16)20-19-18(5-2-6-24-19)27-21(28-20)26-17-9-14(11-22)8-15(23)10-17;/h2,5-6,8-10,16H,3-4,7,12,23H2,1H3,(H,25,30)(H,26,27,28);1H. The molecular weight excluding hydrogens is 416 g/mol. The molecule has 1 aromatic carbocycles. The Kier molecular flexibility index (Phi) is 6.72. The van der Waals surface area contributed by atoms with E-state index in [-0.39, 0.29) is 24.4 Å². The van der Waals surface area contributed by atoms with E-state index >= 15 is 0 Å². The number of piperidine rings is 1.